The summed E-state index contributed by atoms with van der Waals surface area (Å²) < 4.78 is 30.1. The van der Waals surface area contributed by atoms with Crippen molar-refractivity contribution in [3.63, 3.8) is 0 Å². The Balaban J connectivity index is 1.35. The Morgan fingerprint density at radius 1 is 0.784 bits per heavy atom. The van der Waals surface area contributed by atoms with Crippen LogP contribution in [0.3, 0.4) is 0 Å². The van der Waals surface area contributed by atoms with E-state index in [0.717, 1.165) is 10.2 Å². The molecule has 51 heavy (non-hydrogen) atoms. The van der Waals surface area contributed by atoms with Crippen LogP contribution in [0.1, 0.15) is 42.9 Å². The normalized spacial score (nSPS) is 18.1. The van der Waals surface area contributed by atoms with Crippen LogP contribution < -0.4 is 10.4 Å². The van der Waals surface area contributed by atoms with Gasteiger partial charge < -0.3 is 23.7 Å². The molecule has 1 N–H and O–H groups in total. The largest absolute Gasteiger partial charge is 0.497 e. The molecule has 260 valence electrons. The second kappa shape index (κ2) is 16.4. The molecule has 1 saturated heterocycles. The highest BCUT2D eigenvalue weighted by Crippen LogP contribution is 2.35. The molecular formula is C37H31N3O9S2. The number of carbonyl (C=O) groups excluding carboxylic acids is 3. The minimum Gasteiger partial charge on any atom is -0.497 e. The molecular weight excluding hydrogens is 695 g/mol. The van der Waals surface area contributed by atoms with Crippen LogP contribution in [0.15, 0.2) is 125 Å². The molecule has 0 aliphatic carbocycles. The molecule has 4 unspecified atom stereocenters. The lowest BCUT2D eigenvalue weighted by molar-refractivity contribution is -0.0706. The van der Waals surface area contributed by atoms with E-state index < -0.39 is 54.7 Å². The van der Waals surface area contributed by atoms with Gasteiger partial charge in [-0.25, -0.2) is 19.2 Å². The second-order valence-corrected chi connectivity index (χ2v) is 12.5. The number of rotatable bonds is 12. The second-order valence-electron chi connectivity index (χ2n) is 11.1. The van der Waals surface area contributed by atoms with Crippen LogP contribution in [0, 0.1) is 4.64 Å². The fourth-order valence-corrected chi connectivity index (χ4v) is 6.32. The predicted octanol–water partition coefficient (Wildman–Crippen LogP) is 5.81. The van der Waals surface area contributed by atoms with Gasteiger partial charge in [0.05, 0.1) is 23.8 Å². The zero-order valence-corrected chi connectivity index (χ0v) is 28.7. The summed E-state index contributed by atoms with van der Waals surface area (Å²) in [5.74, 6) is -1.05. The third-order valence-electron chi connectivity index (χ3n) is 7.78. The number of aromatic amines is 1. The van der Waals surface area contributed by atoms with Gasteiger partial charge in [-0.1, -0.05) is 90.7 Å². The molecule has 0 bridgehead atoms. The molecule has 6 rings (SSSR count). The minimum atomic E-state index is -1.44. The third-order valence-corrected chi connectivity index (χ3v) is 9.24. The summed E-state index contributed by atoms with van der Waals surface area (Å²) in [6, 6.07) is 32.1. The first-order chi connectivity index (χ1) is 24.8. The maximum Gasteiger partial charge on any atom is 0.345 e. The smallest absolute Gasteiger partial charge is 0.345 e. The van der Waals surface area contributed by atoms with Gasteiger partial charge in [-0.2, -0.15) is 9.78 Å². The van der Waals surface area contributed by atoms with Gasteiger partial charge in [0.2, 0.25) is 0 Å². The summed E-state index contributed by atoms with van der Waals surface area (Å²) in [4.78, 5) is 56.0. The van der Waals surface area contributed by atoms with E-state index in [9.17, 15) is 19.2 Å². The van der Waals surface area contributed by atoms with Crippen LogP contribution in [0.5, 0.6) is 5.75 Å². The van der Waals surface area contributed by atoms with Crippen LogP contribution in [0.25, 0.3) is 0 Å². The SMILES string of the molecule is COc1ccc(CSc2nn(C3OC(COC(=O)c4ccccc4)C(OC(=O)c4ccccc4)C3OC(=O)c3ccccc3)c(=O)[nH]c2=S)cc1. The molecule has 1 aromatic heterocycles. The molecule has 12 nitrogen and oxygen atoms in total. The fraction of sp³-hybridized carbons (Fsp3) is 0.189. The third kappa shape index (κ3) is 8.60. The van der Waals surface area contributed by atoms with Crippen molar-refractivity contribution in [1.82, 2.24) is 14.8 Å². The molecule has 4 atom stereocenters. The van der Waals surface area contributed by atoms with E-state index in [2.05, 4.69) is 10.1 Å². The monoisotopic (exact) mass is 725 g/mol. The van der Waals surface area contributed by atoms with E-state index >= 15 is 0 Å². The molecule has 4 aromatic carbocycles. The topological polar surface area (TPSA) is 148 Å². The van der Waals surface area contributed by atoms with Crippen molar-refractivity contribution in [2.24, 2.45) is 0 Å². The molecule has 2 heterocycles. The number of aromatic nitrogens is 3. The van der Waals surface area contributed by atoms with E-state index in [1.807, 2.05) is 24.3 Å². The van der Waals surface area contributed by atoms with Gasteiger partial charge in [-0.05, 0) is 54.1 Å². The first-order valence-electron chi connectivity index (χ1n) is 15.7. The number of ether oxygens (including phenoxy) is 5. The molecule has 1 aliphatic rings. The van der Waals surface area contributed by atoms with E-state index in [4.69, 9.17) is 35.9 Å². The van der Waals surface area contributed by atoms with Gasteiger partial charge in [0.15, 0.2) is 23.5 Å². The summed E-state index contributed by atoms with van der Waals surface area (Å²) in [6.07, 6.45) is -5.42. The van der Waals surface area contributed by atoms with Crippen molar-refractivity contribution >= 4 is 41.9 Å². The van der Waals surface area contributed by atoms with Crippen molar-refractivity contribution < 1.29 is 38.1 Å². The maximum absolute atomic E-state index is 13.5. The van der Waals surface area contributed by atoms with E-state index in [1.54, 1.807) is 98.1 Å². The highest BCUT2D eigenvalue weighted by Gasteiger charge is 2.52. The fourth-order valence-electron chi connectivity index (χ4n) is 5.19. The molecule has 0 spiro atoms. The van der Waals surface area contributed by atoms with Gasteiger partial charge in [0.1, 0.15) is 23.1 Å². The average Bonchev–Trinajstić information content (AvgIpc) is 3.50. The number of thioether (sulfide) groups is 1. The average molecular weight is 726 g/mol. The number of methoxy groups -OCH3 is 1. The summed E-state index contributed by atoms with van der Waals surface area (Å²) in [7, 11) is 1.58. The van der Waals surface area contributed by atoms with E-state index in [1.165, 1.54) is 11.8 Å². The summed E-state index contributed by atoms with van der Waals surface area (Å²) in [5.41, 5.74) is 0.866. The minimum absolute atomic E-state index is 0.0889. The number of nitrogens with zero attached hydrogens (tertiary/aromatic N) is 2. The molecule has 0 amide bonds. The maximum atomic E-state index is 13.5. The number of nitrogens with one attached hydrogen (secondary N) is 1. The van der Waals surface area contributed by atoms with Gasteiger partial charge in [0, 0.05) is 5.75 Å². The molecule has 5 aromatic rings. The highest BCUT2D eigenvalue weighted by molar-refractivity contribution is 7.98. The summed E-state index contributed by atoms with van der Waals surface area (Å²) in [5, 5.41) is 4.81. The standard InChI is InChI=1S/C37H31N3O9S2/c1-45-27-19-17-23(18-20-27)22-51-32-31(50)38-37(44)40(39-32)33-30(49-36(43)26-15-9-4-10-16-26)29(48-35(42)25-13-7-3-8-14-25)28(47-33)21-46-34(41)24-11-5-2-6-12-24/h2-20,28-30,33H,21-22H2,1H3,(H,38,44,50). The first kappa shape index (κ1) is 35.3. The Morgan fingerprint density at radius 2 is 1.31 bits per heavy atom. The van der Waals surface area contributed by atoms with E-state index in [-0.39, 0.29) is 26.4 Å². The summed E-state index contributed by atoms with van der Waals surface area (Å²) >= 11 is 6.70. The molecule has 1 aliphatic heterocycles. The van der Waals surface area contributed by atoms with Gasteiger partial charge in [0.25, 0.3) is 0 Å². The quantitative estimate of drug-likeness (QED) is 0.0717. The Labute approximate surface area is 301 Å². The number of hydrogen-bond donors (Lipinski definition) is 1. The molecule has 0 radical (unpaired) electrons. The Hall–Kier alpha value is -5.57. The zero-order chi connectivity index (χ0) is 35.7. The van der Waals surface area contributed by atoms with Crippen molar-refractivity contribution in [2.45, 2.75) is 35.3 Å². The van der Waals surface area contributed by atoms with Crippen LogP contribution in [-0.2, 0) is 24.7 Å². The number of H-pyrrole nitrogens is 1. The van der Waals surface area contributed by atoms with Crippen LogP contribution in [-0.4, -0.2) is 64.7 Å². The Kier molecular flexibility index (Phi) is 11.4. The molecule has 0 saturated carbocycles. The lowest BCUT2D eigenvalue weighted by atomic mass is 10.1. The molecule has 1 fully saturated rings. The first-order valence-corrected chi connectivity index (χ1v) is 17.1. The zero-order valence-electron chi connectivity index (χ0n) is 27.1. The van der Waals surface area contributed by atoms with Gasteiger partial charge in [-0.15, -0.1) is 0 Å². The van der Waals surface area contributed by atoms with Crippen molar-refractivity contribution in [2.75, 3.05) is 13.7 Å². The van der Waals surface area contributed by atoms with Crippen molar-refractivity contribution in [1.29, 1.82) is 0 Å². The Morgan fingerprint density at radius 3 is 1.86 bits per heavy atom. The predicted molar refractivity (Wildman–Crippen MR) is 188 cm³/mol. The van der Waals surface area contributed by atoms with Crippen molar-refractivity contribution in [3.05, 3.63) is 153 Å². The van der Waals surface area contributed by atoms with Crippen LogP contribution in [0.2, 0.25) is 0 Å². The van der Waals surface area contributed by atoms with E-state index in [0.29, 0.717) is 11.5 Å². The summed E-state index contributed by atoms with van der Waals surface area (Å²) in [6.45, 7) is -0.424. The number of esters is 3. The molecule has 14 heteroatoms. The van der Waals surface area contributed by atoms with Crippen LogP contribution >= 0.6 is 24.0 Å². The lowest BCUT2D eigenvalue weighted by Gasteiger charge is -2.24. The van der Waals surface area contributed by atoms with Gasteiger partial charge in [-0.3, -0.25) is 4.98 Å². The highest BCUT2D eigenvalue weighted by atomic mass is 32.2. The van der Waals surface area contributed by atoms with Crippen LogP contribution in [0.4, 0.5) is 0 Å². The Bertz CT molecular complexity index is 2090. The number of hydrogen-bond acceptors (Lipinski definition) is 12. The number of benzene rings is 4. The lowest BCUT2D eigenvalue weighted by Crippen LogP contribution is -2.43. The van der Waals surface area contributed by atoms with Gasteiger partial charge >= 0.3 is 23.6 Å². The van der Waals surface area contributed by atoms with Crippen molar-refractivity contribution in [3.8, 4) is 5.75 Å². The number of carbonyl (C=O) groups is 3.